The summed E-state index contributed by atoms with van der Waals surface area (Å²) in [6, 6.07) is 12.5. The van der Waals surface area contributed by atoms with Crippen LogP contribution in [0.4, 0.5) is 5.82 Å². The molecule has 0 atom stereocenters. The number of ether oxygens (including phenoxy) is 1. The molecule has 0 saturated heterocycles. The van der Waals surface area contributed by atoms with Gasteiger partial charge in [-0.25, -0.2) is 14.8 Å². The van der Waals surface area contributed by atoms with E-state index in [1.54, 1.807) is 23.8 Å². The van der Waals surface area contributed by atoms with E-state index in [1.165, 1.54) is 6.07 Å². The molecule has 7 heteroatoms. The van der Waals surface area contributed by atoms with Crippen LogP contribution in [0, 0.1) is 0 Å². The number of hydrogen-bond donors (Lipinski definition) is 1. The first-order valence-electron chi connectivity index (χ1n) is 8.66. The molecule has 0 amide bonds. The number of aromatic nitrogens is 3. The highest BCUT2D eigenvalue weighted by Gasteiger charge is 2.21. The number of nitrogen functional groups attached to an aromatic ring is 1. The lowest BCUT2D eigenvalue weighted by Crippen LogP contribution is -2.18. The number of nitrogens with zero attached hydrogens (tertiary/aromatic N) is 3. The monoisotopic (exact) mass is 364 g/mol. The van der Waals surface area contributed by atoms with Crippen molar-refractivity contribution in [1.82, 2.24) is 14.5 Å². The lowest BCUT2D eigenvalue weighted by atomic mass is 10.0. The minimum atomic E-state index is -0.632. The van der Waals surface area contributed by atoms with Gasteiger partial charge >= 0.3 is 5.97 Å². The molecule has 2 aromatic heterocycles. The van der Waals surface area contributed by atoms with Crippen molar-refractivity contribution in [2.24, 2.45) is 0 Å². The van der Waals surface area contributed by atoms with E-state index in [9.17, 15) is 9.59 Å². The quantitative estimate of drug-likeness (QED) is 0.699. The van der Waals surface area contributed by atoms with Crippen LogP contribution in [0.15, 0.2) is 53.5 Å². The molecule has 0 aliphatic carbocycles. The molecule has 2 N–H and O–H groups in total. The fourth-order valence-corrected chi connectivity index (χ4v) is 2.72. The molecule has 0 aliphatic rings. The molecule has 0 aliphatic heterocycles. The van der Waals surface area contributed by atoms with Gasteiger partial charge < -0.3 is 15.0 Å². The molecule has 0 unspecified atom stereocenters. The predicted octanol–water partition coefficient (Wildman–Crippen LogP) is 2.75. The van der Waals surface area contributed by atoms with Gasteiger partial charge in [-0.2, -0.15) is 0 Å². The van der Waals surface area contributed by atoms with E-state index in [4.69, 9.17) is 10.5 Å². The first-order valence-corrected chi connectivity index (χ1v) is 8.66. The molecule has 0 saturated carbocycles. The van der Waals surface area contributed by atoms with Gasteiger partial charge in [0.25, 0.3) is 5.56 Å². The number of pyridine rings is 1. The number of aryl methyl sites for hydroxylation is 1. The Hall–Kier alpha value is -3.48. The van der Waals surface area contributed by atoms with Gasteiger partial charge in [-0.1, -0.05) is 30.3 Å². The molecule has 0 spiro atoms. The van der Waals surface area contributed by atoms with E-state index in [1.807, 2.05) is 37.3 Å². The number of anilines is 1. The topological polar surface area (TPSA) is 100 Å². The maximum absolute atomic E-state index is 12.2. The Labute approximate surface area is 156 Å². The van der Waals surface area contributed by atoms with Crippen molar-refractivity contribution in [3.05, 3.63) is 64.7 Å². The third-order valence-corrected chi connectivity index (χ3v) is 4.04. The normalized spacial score (nSPS) is 10.6. The van der Waals surface area contributed by atoms with Crippen LogP contribution >= 0.6 is 0 Å². The highest BCUT2D eigenvalue weighted by Crippen LogP contribution is 2.30. The van der Waals surface area contributed by atoms with Gasteiger partial charge in [0.15, 0.2) is 11.5 Å². The zero-order valence-electron chi connectivity index (χ0n) is 15.2. The number of rotatable bonds is 5. The molecule has 2 heterocycles. The number of carbonyl (C=O) groups excluding carboxylic acids is 1. The highest BCUT2D eigenvalue weighted by atomic mass is 16.5. The summed E-state index contributed by atoms with van der Waals surface area (Å²) < 4.78 is 6.59. The molecule has 138 valence electrons. The fraction of sp³-hybridized carbons (Fsp3) is 0.200. The third-order valence-electron chi connectivity index (χ3n) is 4.04. The van der Waals surface area contributed by atoms with Crippen LogP contribution in [-0.2, 0) is 11.3 Å². The van der Waals surface area contributed by atoms with E-state index in [-0.39, 0.29) is 23.7 Å². The Kier molecular flexibility index (Phi) is 5.30. The van der Waals surface area contributed by atoms with Crippen molar-refractivity contribution in [2.75, 3.05) is 12.3 Å². The van der Waals surface area contributed by atoms with Crippen molar-refractivity contribution >= 4 is 11.8 Å². The first kappa shape index (κ1) is 18.3. The Morgan fingerprint density at radius 1 is 1.04 bits per heavy atom. The second kappa shape index (κ2) is 7.82. The molecule has 0 fully saturated rings. The summed E-state index contributed by atoms with van der Waals surface area (Å²) in [5, 5.41) is 0. The van der Waals surface area contributed by atoms with Gasteiger partial charge in [0.05, 0.1) is 18.0 Å². The number of carbonyl (C=O) groups is 1. The zero-order chi connectivity index (χ0) is 19.4. The third kappa shape index (κ3) is 3.72. The van der Waals surface area contributed by atoms with E-state index < -0.39 is 5.97 Å². The van der Waals surface area contributed by atoms with Crippen LogP contribution in [-0.4, -0.2) is 27.1 Å². The first-order chi connectivity index (χ1) is 13.0. The molecule has 27 heavy (non-hydrogen) atoms. The number of hydrogen-bond acceptors (Lipinski definition) is 6. The minimum absolute atomic E-state index is 0.000124. The lowest BCUT2D eigenvalue weighted by Gasteiger charge is -2.13. The maximum atomic E-state index is 12.2. The standard InChI is InChI=1S/C20H20N4O3/c1-3-24-12-14(10-11-15(24)25)17-16(13-8-6-5-7-9-13)23-19(21)18(22-17)20(26)27-4-2/h5-12H,3-4H2,1-2H3,(H2,21,23). The van der Waals surface area contributed by atoms with Crippen LogP contribution in [0.3, 0.4) is 0 Å². The highest BCUT2D eigenvalue weighted by molar-refractivity contribution is 5.94. The smallest absolute Gasteiger partial charge is 0.360 e. The number of esters is 1. The van der Waals surface area contributed by atoms with Gasteiger partial charge in [0.1, 0.15) is 0 Å². The summed E-state index contributed by atoms with van der Waals surface area (Å²) in [6.07, 6.45) is 1.70. The van der Waals surface area contributed by atoms with Crippen molar-refractivity contribution in [1.29, 1.82) is 0 Å². The van der Waals surface area contributed by atoms with E-state index >= 15 is 0 Å². The van der Waals surface area contributed by atoms with E-state index in [2.05, 4.69) is 9.97 Å². The number of benzene rings is 1. The molecule has 0 bridgehead atoms. The maximum Gasteiger partial charge on any atom is 0.360 e. The van der Waals surface area contributed by atoms with E-state index in [0.717, 1.165) is 5.56 Å². The molecule has 1 aromatic carbocycles. The van der Waals surface area contributed by atoms with Crippen LogP contribution < -0.4 is 11.3 Å². The largest absolute Gasteiger partial charge is 0.461 e. The van der Waals surface area contributed by atoms with Gasteiger partial charge in [-0.05, 0) is 19.9 Å². The molecule has 7 nitrogen and oxygen atoms in total. The van der Waals surface area contributed by atoms with Crippen molar-refractivity contribution < 1.29 is 9.53 Å². The Morgan fingerprint density at radius 3 is 2.41 bits per heavy atom. The van der Waals surface area contributed by atoms with Crippen LogP contribution in [0.2, 0.25) is 0 Å². The van der Waals surface area contributed by atoms with Gasteiger partial charge in [0, 0.05) is 29.9 Å². The average Bonchev–Trinajstić information content (AvgIpc) is 2.69. The van der Waals surface area contributed by atoms with Crippen molar-refractivity contribution in [3.63, 3.8) is 0 Å². The van der Waals surface area contributed by atoms with Crippen molar-refractivity contribution in [2.45, 2.75) is 20.4 Å². The molecular weight excluding hydrogens is 344 g/mol. The van der Waals surface area contributed by atoms with Crippen LogP contribution in [0.1, 0.15) is 24.3 Å². The number of nitrogens with two attached hydrogens (primary N) is 1. The minimum Gasteiger partial charge on any atom is -0.461 e. The Balaban J connectivity index is 2.27. The van der Waals surface area contributed by atoms with E-state index in [0.29, 0.717) is 23.5 Å². The van der Waals surface area contributed by atoms with Crippen molar-refractivity contribution in [3.8, 4) is 22.5 Å². The summed E-state index contributed by atoms with van der Waals surface area (Å²) in [5.74, 6) is -0.632. The van der Waals surface area contributed by atoms with Gasteiger partial charge in [0.2, 0.25) is 0 Å². The Bertz CT molecular complexity index is 1030. The predicted molar refractivity (Wildman–Crippen MR) is 103 cm³/mol. The molecule has 3 aromatic rings. The summed E-state index contributed by atoms with van der Waals surface area (Å²) in [5.41, 5.74) is 8.28. The zero-order valence-corrected chi connectivity index (χ0v) is 15.2. The second-order valence-corrected chi connectivity index (χ2v) is 5.78. The molecular formula is C20H20N4O3. The summed E-state index contributed by atoms with van der Waals surface area (Å²) in [4.78, 5) is 33.0. The molecule has 0 radical (unpaired) electrons. The average molecular weight is 364 g/mol. The fourth-order valence-electron chi connectivity index (χ4n) is 2.72. The molecule has 3 rings (SSSR count). The lowest BCUT2D eigenvalue weighted by molar-refractivity contribution is 0.0520. The van der Waals surface area contributed by atoms with Gasteiger partial charge in [-0.15, -0.1) is 0 Å². The summed E-state index contributed by atoms with van der Waals surface area (Å²) in [7, 11) is 0. The van der Waals surface area contributed by atoms with Crippen LogP contribution in [0.25, 0.3) is 22.5 Å². The second-order valence-electron chi connectivity index (χ2n) is 5.78. The van der Waals surface area contributed by atoms with Crippen LogP contribution in [0.5, 0.6) is 0 Å². The van der Waals surface area contributed by atoms with Gasteiger partial charge in [-0.3, -0.25) is 4.79 Å². The SMILES string of the molecule is CCOC(=O)c1nc(-c2ccc(=O)n(CC)c2)c(-c2ccccc2)nc1N. The summed E-state index contributed by atoms with van der Waals surface area (Å²) in [6.45, 7) is 4.30. The summed E-state index contributed by atoms with van der Waals surface area (Å²) >= 11 is 0. The Morgan fingerprint density at radius 2 is 1.74 bits per heavy atom.